The first kappa shape index (κ1) is 11.1. The van der Waals surface area contributed by atoms with Crippen LogP contribution in [0.2, 0.25) is 0 Å². The van der Waals surface area contributed by atoms with Crippen molar-refractivity contribution in [2.75, 3.05) is 0 Å². The van der Waals surface area contributed by atoms with Gasteiger partial charge in [0.25, 0.3) is 0 Å². The van der Waals surface area contributed by atoms with E-state index < -0.39 is 0 Å². The van der Waals surface area contributed by atoms with Crippen molar-refractivity contribution in [3.63, 3.8) is 0 Å². The number of carbonyl (C=O) groups excluding carboxylic acids is 1. The molecule has 16 heavy (non-hydrogen) atoms. The SMILES string of the molecule is Cc1cc(C=O)c(C)n1-c1ccc(Br)cc1. The molecule has 0 fully saturated rings. The van der Waals surface area contributed by atoms with Gasteiger partial charge in [-0.15, -0.1) is 0 Å². The molecule has 0 saturated carbocycles. The number of aryl methyl sites for hydroxylation is 1. The standard InChI is InChI=1S/C13H12BrNO/c1-9-7-11(8-16)10(2)15(9)13-5-3-12(14)4-6-13/h3-8H,1-2H3. The minimum atomic E-state index is 0.750. The number of benzene rings is 1. The molecule has 0 spiro atoms. The summed E-state index contributed by atoms with van der Waals surface area (Å²) in [6.45, 7) is 3.96. The maximum atomic E-state index is 10.9. The highest BCUT2D eigenvalue weighted by Crippen LogP contribution is 2.21. The van der Waals surface area contributed by atoms with Gasteiger partial charge in [0.2, 0.25) is 0 Å². The summed E-state index contributed by atoms with van der Waals surface area (Å²) in [7, 11) is 0. The highest BCUT2D eigenvalue weighted by Gasteiger charge is 2.09. The lowest BCUT2D eigenvalue weighted by molar-refractivity contribution is 0.112. The molecule has 1 aromatic carbocycles. The van der Waals surface area contributed by atoms with Crippen molar-refractivity contribution in [3.05, 3.63) is 51.8 Å². The summed E-state index contributed by atoms with van der Waals surface area (Å²) in [5.41, 5.74) is 3.88. The molecule has 2 aromatic rings. The van der Waals surface area contributed by atoms with Gasteiger partial charge in [0.05, 0.1) is 0 Å². The van der Waals surface area contributed by atoms with Gasteiger partial charge < -0.3 is 4.57 Å². The van der Waals surface area contributed by atoms with Crippen molar-refractivity contribution in [2.24, 2.45) is 0 Å². The first-order valence-electron chi connectivity index (χ1n) is 5.03. The number of aromatic nitrogens is 1. The third-order valence-electron chi connectivity index (χ3n) is 2.68. The number of carbonyl (C=O) groups is 1. The first-order chi connectivity index (χ1) is 7.63. The van der Waals surface area contributed by atoms with Crippen molar-refractivity contribution >= 4 is 22.2 Å². The smallest absolute Gasteiger partial charge is 0.151 e. The Morgan fingerprint density at radius 2 is 1.81 bits per heavy atom. The Hall–Kier alpha value is -1.35. The van der Waals surface area contributed by atoms with E-state index in [0.29, 0.717) is 0 Å². The first-order valence-corrected chi connectivity index (χ1v) is 5.83. The number of hydrogen-bond acceptors (Lipinski definition) is 1. The van der Waals surface area contributed by atoms with E-state index >= 15 is 0 Å². The van der Waals surface area contributed by atoms with Gasteiger partial charge in [0.15, 0.2) is 6.29 Å². The predicted octanol–water partition coefficient (Wildman–Crippen LogP) is 3.67. The zero-order valence-corrected chi connectivity index (χ0v) is 10.8. The molecular formula is C13H12BrNO. The van der Waals surface area contributed by atoms with E-state index in [0.717, 1.165) is 33.4 Å². The van der Waals surface area contributed by atoms with Gasteiger partial charge >= 0.3 is 0 Å². The molecule has 2 nitrogen and oxygen atoms in total. The predicted molar refractivity (Wildman–Crippen MR) is 68.3 cm³/mol. The van der Waals surface area contributed by atoms with Crippen molar-refractivity contribution in [1.82, 2.24) is 4.57 Å². The normalized spacial score (nSPS) is 10.4. The van der Waals surface area contributed by atoms with Crippen LogP contribution >= 0.6 is 15.9 Å². The quantitative estimate of drug-likeness (QED) is 0.768. The van der Waals surface area contributed by atoms with Crippen LogP contribution in [0.5, 0.6) is 0 Å². The number of hydrogen-bond donors (Lipinski definition) is 0. The van der Waals surface area contributed by atoms with Gasteiger partial charge in [0, 0.05) is 27.1 Å². The summed E-state index contributed by atoms with van der Waals surface area (Å²) in [4.78, 5) is 10.9. The number of halogens is 1. The Balaban J connectivity index is 2.59. The maximum Gasteiger partial charge on any atom is 0.151 e. The molecule has 0 aliphatic rings. The van der Waals surface area contributed by atoms with Crippen LogP contribution in [-0.4, -0.2) is 10.9 Å². The van der Waals surface area contributed by atoms with E-state index in [1.165, 1.54) is 0 Å². The van der Waals surface area contributed by atoms with Crippen LogP contribution in [0.4, 0.5) is 0 Å². The van der Waals surface area contributed by atoms with E-state index in [9.17, 15) is 4.79 Å². The van der Waals surface area contributed by atoms with Gasteiger partial charge in [0.1, 0.15) is 0 Å². The molecule has 2 rings (SSSR count). The Morgan fingerprint density at radius 3 is 2.31 bits per heavy atom. The summed E-state index contributed by atoms with van der Waals surface area (Å²) in [6, 6.07) is 9.95. The Morgan fingerprint density at radius 1 is 1.19 bits per heavy atom. The second kappa shape index (κ2) is 4.26. The van der Waals surface area contributed by atoms with Crippen LogP contribution < -0.4 is 0 Å². The Kier molecular flexibility index (Phi) is 2.97. The second-order valence-corrected chi connectivity index (χ2v) is 4.67. The molecule has 0 N–H and O–H groups in total. The Labute approximate surface area is 103 Å². The fourth-order valence-electron chi connectivity index (χ4n) is 1.89. The molecule has 0 radical (unpaired) electrons. The Bertz CT molecular complexity index is 526. The molecule has 3 heteroatoms. The molecule has 0 unspecified atom stereocenters. The number of rotatable bonds is 2. The highest BCUT2D eigenvalue weighted by molar-refractivity contribution is 9.10. The van der Waals surface area contributed by atoms with Crippen LogP contribution in [-0.2, 0) is 0 Å². The molecule has 1 heterocycles. The van der Waals surface area contributed by atoms with Crippen molar-refractivity contribution in [1.29, 1.82) is 0 Å². The van der Waals surface area contributed by atoms with E-state index in [1.807, 2.05) is 44.2 Å². The van der Waals surface area contributed by atoms with Gasteiger partial charge in [-0.3, -0.25) is 4.79 Å². The van der Waals surface area contributed by atoms with Crippen LogP contribution in [0.3, 0.4) is 0 Å². The topological polar surface area (TPSA) is 22.0 Å². The molecule has 0 aliphatic heterocycles. The summed E-state index contributed by atoms with van der Waals surface area (Å²) < 4.78 is 3.13. The minimum Gasteiger partial charge on any atom is -0.318 e. The lowest BCUT2D eigenvalue weighted by Gasteiger charge is -2.09. The third kappa shape index (κ3) is 1.83. The number of nitrogens with zero attached hydrogens (tertiary/aromatic N) is 1. The largest absolute Gasteiger partial charge is 0.318 e. The van der Waals surface area contributed by atoms with E-state index in [1.54, 1.807) is 0 Å². The molecule has 0 saturated heterocycles. The summed E-state index contributed by atoms with van der Waals surface area (Å²) in [6.07, 6.45) is 0.900. The maximum absolute atomic E-state index is 10.9. The van der Waals surface area contributed by atoms with Gasteiger partial charge in [-0.2, -0.15) is 0 Å². The molecular weight excluding hydrogens is 266 g/mol. The number of aldehydes is 1. The minimum absolute atomic E-state index is 0.750. The average molecular weight is 278 g/mol. The van der Waals surface area contributed by atoms with Gasteiger partial charge in [-0.1, -0.05) is 15.9 Å². The molecule has 0 aliphatic carbocycles. The van der Waals surface area contributed by atoms with E-state index in [2.05, 4.69) is 20.5 Å². The molecule has 0 atom stereocenters. The zero-order valence-electron chi connectivity index (χ0n) is 9.20. The molecule has 0 bridgehead atoms. The van der Waals surface area contributed by atoms with Crippen LogP contribution in [0.25, 0.3) is 5.69 Å². The average Bonchev–Trinajstić information content (AvgIpc) is 2.56. The van der Waals surface area contributed by atoms with E-state index in [4.69, 9.17) is 0 Å². The second-order valence-electron chi connectivity index (χ2n) is 3.76. The van der Waals surface area contributed by atoms with Crippen molar-refractivity contribution < 1.29 is 4.79 Å². The van der Waals surface area contributed by atoms with Crippen molar-refractivity contribution in [2.45, 2.75) is 13.8 Å². The lowest BCUT2D eigenvalue weighted by Crippen LogP contribution is -1.99. The lowest BCUT2D eigenvalue weighted by atomic mass is 10.2. The summed E-state index contributed by atoms with van der Waals surface area (Å²) >= 11 is 3.41. The van der Waals surface area contributed by atoms with Gasteiger partial charge in [-0.05, 0) is 44.2 Å². The monoisotopic (exact) mass is 277 g/mol. The van der Waals surface area contributed by atoms with Crippen LogP contribution in [0.1, 0.15) is 21.7 Å². The fourth-order valence-corrected chi connectivity index (χ4v) is 2.16. The van der Waals surface area contributed by atoms with E-state index in [-0.39, 0.29) is 0 Å². The van der Waals surface area contributed by atoms with Crippen molar-refractivity contribution in [3.8, 4) is 5.69 Å². The van der Waals surface area contributed by atoms with Crippen LogP contribution in [0, 0.1) is 13.8 Å². The highest BCUT2D eigenvalue weighted by atomic mass is 79.9. The molecule has 82 valence electrons. The summed E-state index contributed by atoms with van der Waals surface area (Å²) in [5, 5.41) is 0. The van der Waals surface area contributed by atoms with Gasteiger partial charge in [-0.25, -0.2) is 0 Å². The molecule has 1 aromatic heterocycles. The molecule has 0 amide bonds. The summed E-state index contributed by atoms with van der Waals surface area (Å²) in [5.74, 6) is 0. The van der Waals surface area contributed by atoms with Crippen LogP contribution in [0.15, 0.2) is 34.8 Å². The fraction of sp³-hybridized carbons (Fsp3) is 0.154. The zero-order chi connectivity index (χ0) is 11.7. The third-order valence-corrected chi connectivity index (χ3v) is 3.21.